The molecular formula is C23H21Cl2NO3. The minimum absolute atomic E-state index is 0.0527. The van der Waals surface area contributed by atoms with Gasteiger partial charge < -0.3 is 5.11 Å². The zero-order chi connectivity index (χ0) is 20.9. The number of anilines is 1. The number of phenolic OH excluding ortho intramolecular Hbond substituents is 1. The standard InChI is InChI=1S/C23H21Cl2NO3/c1-23(2)11-19-22(20(28)12-23)16(13-3-6-15(27)7-4-13)10-21(29)26(19)18-8-5-14(24)9-17(18)25/h3-9,16,27H,10-12H2,1-2H3. The first-order valence-electron chi connectivity index (χ1n) is 9.49. The molecule has 1 atom stereocenters. The first kappa shape index (κ1) is 20.0. The van der Waals surface area contributed by atoms with Gasteiger partial charge >= 0.3 is 0 Å². The van der Waals surface area contributed by atoms with Crippen molar-refractivity contribution in [2.45, 2.75) is 39.0 Å². The molecule has 6 heteroatoms. The summed E-state index contributed by atoms with van der Waals surface area (Å²) in [5.41, 5.74) is 2.51. The van der Waals surface area contributed by atoms with Crippen molar-refractivity contribution in [3.63, 3.8) is 0 Å². The molecule has 0 radical (unpaired) electrons. The molecular weight excluding hydrogens is 409 g/mol. The topological polar surface area (TPSA) is 57.6 Å². The normalized spacial score (nSPS) is 21.4. The maximum Gasteiger partial charge on any atom is 0.232 e. The Morgan fingerprint density at radius 3 is 2.38 bits per heavy atom. The van der Waals surface area contributed by atoms with Crippen molar-refractivity contribution < 1.29 is 14.7 Å². The fourth-order valence-electron chi connectivity index (χ4n) is 4.35. The molecule has 0 saturated heterocycles. The number of carbonyl (C=O) groups excluding carboxylic acids is 2. The van der Waals surface area contributed by atoms with E-state index in [1.54, 1.807) is 47.4 Å². The zero-order valence-electron chi connectivity index (χ0n) is 16.2. The summed E-state index contributed by atoms with van der Waals surface area (Å²) >= 11 is 12.5. The van der Waals surface area contributed by atoms with Crippen LogP contribution in [0.4, 0.5) is 5.69 Å². The van der Waals surface area contributed by atoms with Crippen LogP contribution in [-0.4, -0.2) is 16.8 Å². The van der Waals surface area contributed by atoms with Crippen LogP contribution in [0.5, 0.6) is 5.75 Å². The third kappa shape index (κ3) is 3.67. The number of benzene rings is 2. The van der Waals surface area contributed by atoms with E-state index in [2.05, 4.69) is 0 Å². The Balaban J connectivity index is 1.91. The second-order valence-corrected chi connectivity index (χ2v) is 9.32. The van der Waals surface area contributed by atoms with E-state index < -0.39 is 0 Å². The maximum absolute atomic E-state index is 13.3. The van der Waals surface area contributed by atoms with Gasteiger partial charge in [0.15, 0.2) is 5.78 Å². The fourth-order valence-corrected chi connectivity index (χ4v) is 4.84. The Labute approximate surface area is 179 Å². The van der Waals surface area contributed by atoms with Crippen molar-refractivity contribution in [1.82, 2.24) is 0 Å². The highest BCUT2D eigenvalue weighted by atomic mass is 35.5. The number of ketones is 1. The van der Waals surface area contributed by atoms with Gasteiger partial charge in [-0.2, -0.15) is 0 Å². The largest absolute Gasteiger partial charge is 0.508 e. The minimum Gasteiger partial charge on any atom is -0.508 e. The number of carbonyl (C=O) groups is 2. The van der Waals surface area contributed by atoms with Gasteiger partial charge in [-0.3, -0.25) is 14.5 Å². The molecule has 0 fully saturated rings. The van der Waals surface area contributed by atoms with Gasteiger partial charge in [0.25, 0.3) is 0 Å². The number of halogens is 2. The van der Waals surface area contributed by atoms with E-state index in [0.29, 0.717) is 39.8 Å². The summed E-state index contributed by atoms with van der Waals surface area (Å²) in [5.74, 6) is -0.242. The molecule has 1 N–H and O–H groups in total. The van der Waals surface area contributed by atoms with Crippen LogP contribution >= 0.6 is 23.2 Å². The summed E-state index contributed by atoms with van der Waals surface area (Å²) in [7, 11) is 0. The SMILES string of the molecule is CC1(C)CC(=O)C2=C(C1)N(c1ccc(Cl)cc1Cl)C(=O)CC2c1ccc(O)cc1. The summed E-state index contributed by atoms with van der Waals surface area (Å²) in [6.07, 6.45) is 1.18. The summed E-state index contributed by atoms with van der Waals surface area (Å²) in [6.45, 7) is 4.07. The fraction of sp³-hybridized carbons (Fsp3) is 0.304. The number of nitrogens with zero attached hydrogens (tertiary/aromatic N) is 1. The maximum atomic E-state index is 13.3. The lowest BCUT2D eigenvalue weighted by molar-refractivity contribution is -0.121. The Morgan fingerprint density at radius 2 is 1.72 bits per heavy atom. The van der Waals surface area contributed by atoms with E-state index >= 15 is 0 Å². The summed E-state index contributed by atoms with van der Waals surface area (Å²) < 4.78 is 0. The van der Waals surface area contributed by atoms with Crippen molar-refractivity contribution in [2.75, 3.05) is 4.90 Å². The molecule has 1 aliphatic carbocycles. The van der Waals surface area contributed by atoms with Crippen LogP contribution in [0.2, 0.25) is 10.0 Å². The lowest BCUT2D eigenvalue weighted by Gasteiger charge is -2.43. The zero-order valence-corrected chi connectivity index (χ0v) is 17.7. The van der Waals surface area contributed by atoms with E-state index in [4.69, 9.17) is 23.2 Å². The van der Waals surface area contributed by atoms with E-state index in [1.807, 2.05) is 13.8 Å². The number of hydrogen-bond donors (Lipinski definition) is 1. The van der Waals surface area contributed by atoms with Gasteiger partial charge in [0.05, 0.1) is 10.7 Å². The number of allylic oxidation sites excluding steroid dienone is 2. The number of phenols is 1. The van der Waals surface area contributed by atoms with Crippen molar-refractivity contribution in [2.24, 2.45) is 5.41 Å². The second-order valence-electron chi connectivity index (χ2n) is 8.47. The molecule has 1 amide bonds. The monoisotopic (exact) mass is 429 g/mol. The molecule has 0 saturated carbocycles. The first-order chi connectivity index (χ1) is 13.7. The Bertz CT molecular complexity index is 1040. The molecule has 2 aliphatic rings. The third-order valence-corrected chi connectivity index (χ3v) is 6.13. The highest BCUT2D eigenvalue weighted by molar-refractivity contribution is 6.37. The van der Waals surface area contributed by atoms with Crippen LogP contribution in [-0.2, 0) is 9.59 Å². The Morgan fingerprint density at radius 1 is 1.03 bits per heavy atom. The van der Waals surface area contributed by atoms with Crippen LogP contribution in [0.15, 0.2) is 53.7 Å². The number of rotatable bonds is 2. The van der Waals surface area contributed by atoms with Crippen molar-refractivity contribution in [1.29, 1.82) is 0 Å². The van der Waals surface area contributed by atoms with Crippen molar-refractivity contribution >= 4 is 40.6 Å². The van der Waals surface area contributed by atoms with Gasteiger partial charge in [0.1, 0.15) is 5.75 Å². The summed E-state index contributed by atoms with van der Waals surface area (Å²) in [5, 5.41) is 10.5. The van der Waals surface area contributed by atoms with Crippen LogP contribution in [0.1, 0.15) is 44.6 Å². The van der Waals surface area contributed by atoms with Gasteiger partial charge in [-0.05, 0) is 47.7 Å². The molecule has 0 bridgehead atoms. The quantitative estimate of drug-likeness (QED) is 0.649. The first-order valence-corrected chi connectivity index (χ1v) is 10.2. The Kier molecular flexibility index (Phi) is 4.96. The highest BCUT2D eigenvalue weighted by Crippen LogP contribution is 2.49. The number of hydrogen-bond acceptors (Lipinski definition) is 3. The molecule has 1 aliphatic heterocycles. The molecule has 2 aromatic rings. The molecule has 2 aromatic carbocycles. The number of amides is 1. The van der Waals surface area contributed by atoms with Gasteiger partial charge in [0, 0.05) is 35.1 Å². The third-order valence-electron chi connectivity index (χ3n) is 5.59. The summed E-state index contributed by atoms with van der Waals surface area (Å²) in [4.78, 5) is 28.1. The van der Waals surface area contributed by atoms with Crippen LogP contribution in [0.3, 0.4) is 0 Å². The smallest absolute Gasteiger partial charge is 0.232 e. The van der Waals surface area contributed by atoms with Crippen LogP contribution < -0.4 is 4.90 Å². The van der Waals surface area contributed by atoms with Gasteiger partial charge in [-0.1, -0.05) is 49.2 Å². The number of Topliss-reactive ketones (excluding diaryl/α,β-unsaturated/α-hetero) is 1. The van der Waals surface area contributed by atoms with Crippen LogP contribution in [0, 0.1) is 5.41 Å². The molecule has 0 aromatic heterocycles. The molecule has 150 valence electrons. The molecule has 0 spiro atoms. The van der Waals surface area contributed by atoms with E-state index in [0.717, 1.165) is 5.56 Å². The Hall–Kier alpha value is -2.30. The lowest BCUT2D eigenvalue weighted by atomic mass is 9.69. The minimum atomic E-state index is -0.330. The summed E-state index contributed by atoms with van der Waals surface area (Å²) in [6, 6.07) is 11.7. The van der Waals surface area contributed by atoms with Crippen molar-refractivity contribution in [3.05, 3.63) is 69.3 Å². The second kappa shape index (κ2) is 7.19. The van der Waals surface area contributed by atoms with E-state index in [-0.39, 0.29) is 35.2 Å². The van der Waals surface area contributed by atoms with E-state index in [1.165, 1.54) is 0 Å². The molecule has 4 rings (SSSR count). The van der Waals surface area contributed by atoms with E-state index in [9.17, 15) is 14.7 Å². The van der Waals surface area contributed by atoms with Gasteiger partial charge in [-0.15, -0.1) is 0 Å². The molecule has 29 heavy (non-hydrogen) atoms. The van der Waals surface area contributed by atoms with Crippen LogP contribution in [0.25, 0.3) is 0 Å². The average molecular weight is 430 g/mol. The highest BCUT2D eigenvalue weighted by Gasteiger charge is 2.44. The molecule has 1 unspecified atom stereocenters. The molecule has 1 heterocycles. The van der Waals surface area contributed by atoms with Gasteiger partial charge in [-0.25, -0.2) is 0 Å². The number of aromatic hydroxyl groups is 1. The predicted octanol–water partition coefficient (Wildman–Crippen LogP) is 5.86. The van der Waals surface area contributed by atoms with Crippen molar-refractivity contribution in [3.8, 4) is 5.75 Å². The predicted molar refractivity (Wildman–Crippen MR) is 114 cm³/mol. The molecule has 4 nitrogen and oxygen atoms in total. The average Bonchev–Trinajstić information content (AvgIpc) is 2.62. The van der Waals surface area contributed by atoms with Gasteiger partial charge in [0.2, 0.25) is 5.91 Å². The lowest BCUT2D eigenvalue weighted by Crippen LogP contribution is -2.43.